The molecule has 0 aliphatic carbocycles. The maximum absolute atomic E-state index is 12.2. The van der Waals surface area contributed by atoms with E-state index in [0.29, 0.717) is 18.4 Å². The molecule has 1 aromatic rings. The first-order valence-electron chi connectivity index (χ1n) is 10.4. The molecule has 1 amide bonds. The van der Waals surface area contributed by atoms with E-state index in [4.69, 9.17) is 4.74 Å². The van der Waals surface area contributed by atoms with Gasteiger partial charge >= 0.3 is 0 Å². The van der Waals surface area contributed by atoms with Gasteiger partial charge in [-0.05, 0) is 37.9 Å². The van der Waals surface area contributed by atoms with E-state index >= 15 is 0 Å². The minimum Gasteiger partial charge on any atom is -0.384 e. The van der Waals surface area contributed by atoms with Crippen LogP contribution >= 0.6 is 0 Å². The number of ether oxygens (including phenoxy) is 1. The second-order valence-corrected chi connectivity index (χ2v) is 8.71. The Kier molecular flexibility index (Phi) is 5.81. The van der Waals surface area contributed by atoms with Crippen molar-refractivity contribution in [2.24, 2.45) is 5.41 Å². The summed E-state index contributed by atoms with van der Waals surface area (Å²) >= 11 is 0. The Morgan fingerprint density at radius 1 is 1.11 bits per heavy atom. The Morgan fingerprint density at radius 3 is 2.56 bits per heavy atom. The molecule has 5 heteroatoms. The summed E-state index contributed by atoms with van der Waals surface area (Å²) in [7, 11) is 1.66. The van der Waals surface area contributed by atoms with E-state index in [1.54, 1.807) is 7.11 Å². The van der Waals surface area contributed by atoms with Gasteiger partial charge in [0.2, 0.25) is 5.91 Å². The molecule has 3 aliphatic rings. The summed E-state index contributed by atoms with van der Waals surface area (Å²) in [6.45, 7) is 8.28. The van der Waals surface area contributed by atoms with E-state index in [1.807, 2.05) is 0 Å². The summed E-state index contributed by atoms with van der Waals surface area (Å²) in [6, 6.07) is 11.5. The maximum atomic E-state index is 12.2. The van der Waals surface area contributed by atoms with Gasteiger partial charge in [-0.1, -0.05) is 30.3 Å². The highest BCUT2D eigenvalue weighted by Crippen LogP contribution is 2.42. The first-order chi connectivity index (χ1) is 13.2. The monoisotopic (exact) mass is 371 g/mol. The van der Waals surface area contributed by atoms with Crippen LogP contribution in [0.5, 0.6) is 0 Å². The summed E-state index contributed by atoms with van der Waals surface area (Å²) in [5, 5.41) is 0. The fourth-order valence-corrected chi connectivity index (χ4v) is 5.11. The molecule has 0 atom stereocenters. The van der Waals surface area contributed by atoms with Crippen LogP contribution in [0.15, 0.2) is 30.3 Å². The van der Waals surface area contributed by atoms with Crippen LogP contribution in [0.2, 0.25) is 0 Å². The van der Waals surface area contributed by atoms with Crippen LogP contribution < -0.4 is 0 Å². The van der Waals surface area contributed by atoms with E-state index in [0.717, 1.165) is 25.7 Å². The van der Waals surface area contributed by atoms with Crippen LogP contribution in [0.25, 0.3) is 0 Å². The third-order valence-corrected chi connectivity index (χ3v) is 6.71. The summed E-state index contributed by atoms with van der Waals surface area (Å²) in [5.41, 5.74) is 1.80. The molecular formula is C22H33N3O2. The Hall–Kier alpha value is -1.43. The minimum atomic E-state index is 0.265. The standard InChI is InChI=1S/C22H33N3O2/c1-27-14-9-21(26)24-13-10-22(16-24)17-25(18-22)20-7-11-23(12-8-20)15-19-5-3-2-4-6-19/h2-6,20H,7-18H2,1H3. The lowest BCUT2D eigenvalue weighted by atomic mass is 9.77. The molecule has 1 spiro atoms. The highest BCUT2D eigenvalue weighted by molar-refractivity contribution is 5.76. The van der Waals surface area contributed by atoms with E-state index in [-0.39, 0.29) is 5.91 Å². The molecule has 0 bridgehead atoms. The summed E-state index contributed by atoms with van der Waals surface area (Å²) in [6.07, 6.45) is 4.25. The molecule has 5 nitrogen and oxygen atoms in total. The van der Waals surface area contributed by atoms with Crippen molar-refractivity contribution < 1.29 is 9.53 Å². The molecular weight excluding hydrogens is 338 g/mol. The zero-order valence-electron chi connectivity index (χ0n) is 16.6. The van der Waals surface area contributed by atoms with Crippen molar-refractivity contribution in [3.8, 4) is 0 Å². The number of likely N-dealkylation sites (tertiary alicyclic amines) is 3. The normalized spacial score (nSPS) is 23.7. The zero-order chi connectivity index (χ0) is 18.7. The van der Waals surface area contributed by atoms with E-state index < -0.39 is 0 Å². The molecule has 0 N–H and O–H groups in total. The first kappa shape index (κ1) is 18.9. The minimum absolute atomic E-state index is 0.265. The zero-order valence-corrected chi connectivity index (χ0v) is 16.6. The lowest BCUT2D eigenvalue weighted by Crippen LogP contribution is -2.62. The number of rotatable bonds is 6. The van der Waals surface area contributed by atoms with Gasteiger partial charge in [0.1, 0.15) is 0 Å². The Balaban J connectivity index is 1.19. The second-order valence-electron chi connectivity index (χ2n) is 8.71. The van der Waals surface area contributed by atoms with E-state index in [1.165, 1.54) is 51.0 Å². The number of carbonyl (C=O) groups excluding carboxylic acids is 1. The van der Waals surface area contributed by atoms with E-state index in [9.17, 15) is 4.79 Å². The van der Waals surface area contributed by atoms with Crippen molar-refractivity contribution >= 4 is 5.91 Å². The number of methoxy groups -OCH3 is 1. The molecule has 0 unspecified atom stereocenters. The van der Waals surface area contributed by atoms with Crippen molar-refractivity contribution in [1.29, 1.82) is 0 Å². The molecule has 4 rings (SSSR count). The van der Waals surface area contributed by atoms with Crippen LogP contribution in [-0.2, 0) is 16.1 Å². The van der Waals surface area contributed by atoms with Crippen molar-refractivity contribution in [1.82, 2.24) is 14.7 Å². The highest BCUT2D eigenvalue weighted by Gasteiger charge is 2.50. The Labute approximate surface area is 163 Å². The van der Waals surface area contributed by atoms with Crippen LogP contribution in [0.1, 0.15) is 31.2 Å². The van der Waals surface area contributed by atoms with E-state index in [2.05, 4.69) is 45.0 Å². The quantitative estimate of drug-likeness (QED) is 0.768. The predicted octanol–water partition coefficient (Wildman–Crippen LogP) is 2.22. The summed E-state index contributed by atoms with van der Waals surface area (Å²) in [4.78, 5) is 19.6. The smallest absolute Gasteiger partial charge is 0.224 e. The van der Waals surface area contributed by atoms with Gasteiger partial charge in [-0.15, -0.1) is 0 Å². The summed E-state index contributed by atoms with van der Waals surface area (Å²) < 4.78 is 5.05. The number of benzene rings is 1. The van der Waals surface area contributed by atoms with Gasteiger partial charge in [-0.3, -0.25) is 14.6 Å². The third kappa shape index (κ3) is 4.36. The third-order valence-electron chi connectivity index (χ3n) is 6.71. The van der Waals surface area contributed by atoms with Gasteiger partial charge < -0.3 is 9.64 Å². The predicted molar refractivity (Wildman–Crippen MR) is 106 cm³/mol. The van der Waals surface area contributed by atoms with Crippen molar-refractivity contribution in [2.45, 2.75) is 38.3 Å². The molecule has 148 valence electrons. The molecule has 3 saturated heterocycles. The molecule has 3 aliphatic heterocycles. The summed E-state index contributed by atoms with van der Waals surface area (Å²) in [5.74, 6) is 0.265. The lowest BCUT2D eigenvalue weighted by Gasteiger charge is -2.53. The molecule has 0 saturated carbocycles. The SMILES string of the molecule is COCCC(=O)N1CCC2(C1)CN(C1CCN(Cc3ccccc3)CC1)C2. The van der Waals surface area contributed by atoms with Gasteiger partial charge in [0.15, 0.2) is 0 Å². The highest BCUT2D eigenvalue weighted by atomic mass is 16.5. The van der Waals surface area contributed by atoms with Gasteiger partial charge in [-0.25, -0.2) is 0 Å². The fourth-order valence-electron chi connectivity index (χ4n) is 5.11. The van der Waals surface area contributed by atoms with Crippen LogP contribution in [0.3, 0.4) is 0 Å². The largest absolute Gasteiger partial charge is 0.384 e. The number of hydrogen-bond donors (Lipinski definition) is 0. The molecule has 1 aromatic carbocycles. The van der Waals surface area contributed by atoms with Gasteiger partial charge in [0.05, 0.1) is 13.0 Å². The molecule has 3 fully saturated rings. The van der Waals surface area contributed by atoms with Gasteiger partial charge in [0.25, 0.3) is 0 Å². The van der Waals surface area contributed by atoms with Crippen molar-refractivity contribution in [3.05, 3.63) is 35.9 Å². The number of piperidine rings is 1. The van der Waals surface area contributed by atoms with Crippen molar-refractivity contribution in [3.63, 3.8) is 0 Å². The Morgan fingerprint density at radius 2 is 1.85 bits per heavy atom. The van der Waals surface area contributed by atoms with Gasteiger partial charge in [0, 0.05) is 51.3 Å². The topological polar surface area (TPSA) is 36.0 Å². The Bertz CT molecular complexity index is 622. The first-order valence-corrected chi connectivity index (χ1v) is 10.4. The fraction of sp³-hybridized carbons (Fsp3) is 0.682. The molecule has 0 aromatic heterocycles. The van der Waals surface area contributed by atoms with Crippen LogP contribution in [-0.4, -0.2) is 79.6 Å². The van der Waals surface area contributed by atoms with Crippen LogP contribution in [0.4, 0.5) is 0 Å². The molecule has 3 heterocycles. The van der Waals surface area contributed by atoms with Crippen LogP contribution in [0, 0.1) is 5.41 Å². The number of hydrogen-bond acceptors (Lipinski definition) is 4. The molecule has 0 radical (unpaired) electrons. The average Bonchev–Trinajstić information content (AvgIpc) is 3.12. The molecule has 27 heavy (non-hydrogen) atoms. The maximum Gasteiger partial charge on any atom is 0.224 e. The average molecular weight is 372 g/mol. The van der Waals surface area contributed by atoms with Gasteiger partial charge in [-0.2, -0.15) is 0 Å². The number of amides is 1. The van der Waals surface area contributed by atoms with Crippen molar-refractivity contribution in [2.75, 3.05) is 53.0 Å². The second kappa shape index (κ2) is 8.29. The lowest BCUT2D eigenvalue weighted by molar-refractivity contribution is -0.132. The number of carbonyl (C=O) groups is 1. The number of nitrogens with zero attached hydrogens (tertiary/aromatic N) is 3.